The van der Waals surface area contributed by atoms with Gasteiger partial charge in [-0.15, -0.1) is 0 Å². The van der Waals surface area contributed by atoms with Gasteiger partial charge in [0.1, 0.15) is 24.1 Å². The highest BCUT2D eigenvalue weighted by atomic mass is 16.5. The van der Waals surface area contributed by atoms with Crippen LogP contribution in [-0.2, 0) is 4.79 Å². The van der Waals surface area contributed by atoms with Crippen LogP contribution in [0.2, 0.25) is 0 Å². The van der Waals surface area contributed by atoms with Crippen molar-refractivity contribution in [2.45, 2.75) is 18.5 Å². The molecule has 0 spiro atoms. The molecule has 3 rings (SSSR count). The summed E-state index contributed by atoms with van der Waals surface area (Å²) in [6.45, 7) is 0.908. The van der Waals surface area contributed by atoms with Crippen LogP contribution in [0.5, 0.6) is 11.5 Å². The van der Waals surface area contributed by atoms with Gasteiger partial charge in [0, 0.05) is 6.04 Å². The molecule has 0 bridgehead atoms. The Bertz CT molecular complexity index is 693. The van der Waals surface area contributed by atoms with Crippen molar-refractivity contribution in [3.8, 4) is 11.5 Å². The molecule has 2 atom stereocenters. The maximum absolute atomic E-state index is 12.3. The Labute approximate surface area is 147 Å². The summed E-state index contributed by atoms with van der Waals surface area (Å²) in [5.41, 5.74) is 7.32. The highest BCUT2D eigenvalue weighted by Gasteiger charge is 2.30. The molecule has 1 aliphatic heterocycles. The van der Waals surface area contributed by atoms with Crippen LogP contribution in [0, 0.1) is 0 Å². The number of hydrogen-bond acceptors (Lipinski definition) is 5. The fourth-order valence-corrected chi connectivity index (χ4v) is 2.79. The van der Waals surface area contributed by atoms with E-state index < -0.39 is 0 Å². The summed E-state index contributed by atoms with van der Waals surface area (Å²) >= 11 is 0. The summed E-state index contributed by atoms with van der Waals surface area (Å²) in [4.78, 5) is 12.3. The van der Waals surface area contributed by atoms with E-state index in [2.05, 4.69) is 16.2 Å². The van der Waals surface area contributed by atoms with Crippen LogP contribution in [0.25, 0.3) is 0 Å². The average molecular weight is 341 g/mol. The second-order valence-corrected chi connectivity index (χ2v) is 5.86. The van der Waals surface area contributed by atoms with Gasteiger partial charge in [-0.05, 0) is 36.2 Å². The topological polar surface area (TPSA) is 71.6 Å². The molecule has 25 heavy (non-hydrogen) atoms. The maximum atomic E-state index is 12.3. The first kappa shape index (κ1) is 17.3. The second-order valence-electron chi connectivity index (χ2n) is 5.86. The van der Waals surface area contributed by atoms with Crippen LogP contribution in [0.15, 0.2) is 54.6 Å². The molecule has 0 radical (unpaired) electrons. The number of para-hydroxylation sites is 1. The maximum Gasteiger partial charge on any atom is 0.238 e. The number of methoxy groups -OCH3 is 1. The Morgan fingerprint density at radius 2 is 1.92 bits per heavy atom. The van der Waals surface area contributed by atoms with Crippen molar-refractivity contribution in [3.63, 3.8) is 0 Å². The lowest BCUT2D eigenvalue weighted by molar-refractivity contribution is -0.123. The molecule has 1 amide bonds. The van der Waals surface area contributed by atoms with Crippen molar-refractivity contribution in [1.82, 2.24) is 16.2 Å². The molecule has 2 unspecified atom stereocenters. The van der Waals surface area contributed by atoms with Crippen LogP contribution in [0.4, 0.5) is 0 Å². The van der Waals surface area contributed by atoms with Gasteiger partial charge < -0.3 is 14.8 Å². The Kier molecular flexibility index (Phi) is 5.87. The van der Waals surface area contributed by atoms with E-state index in [1.165, 1.54) is 0 Å². The SMILES string of the molecule is COc1cccc(C2CC(C(=O)NCCOc3ccccc3)NN2)c1. The number of nitrogens with one attached hydrogen (secondary N) is 3. The Balaban J connectivity index is 1.43. The van der Waals surface area contributed by atoms with Crippen molar-refractivity contribution >= 4 is 5.91 Å². The van der Waals surface area contributed by atoms with Gasteiger partial charge in [0.05, 0.1) is 13.7 Å². The smallest absolute Gasteiger partial charge is 0.238 e. The Morgan fingerprint density at radius 1 is 1.12 bits per heavy atom. The van der Waals surface area contributed by atoms with Gasteiger partial charge in [-0.3, -0.25) is 4.79 Å². The number of carbonyl (C=O) groups excluding carboxylic acids is 1. The molecule has 2 aromatic carbocycles. The Morgan fingerprint density at radius 3 is 2.72 bits per heavy atom. The molecule has 3 N–H and O–H groups in total. The van der Waals surface area contributed by atoms with Crippen LogP contribution < -0.4 is 25.6 Å². The molecule has 132 valence electrons. The van der Waals surface area contributed by atoms with Gasteiger partial charge >= 0.3 is 0 Å². The van der Waals surface area contributed by atoms with E-state index in [0.717, 1.165) is 17.1 Å². The first-order chi connectivity index (χ1) is 12.3. The van der Waals surface area contributed by atoms with Gasteiger partial charge in [-0.1, -0.05) is 30.3 Å². The lowest BCUT2D eigenvalue weighted by atomic mass is 10.0. The highest BCUT2D eigenvalue weighted by Crippen LogP contribution is 2.25. The van der Waals surface area contributed by atoms with Crippen LogP contribution in [0.1, 0.15) is 18.0 Å². The standard InChI is InChI=1S/C19H23N3O3/c1-24-16-9-5-6-14(12-16)17-13-18(22-21-17)19(23)20-10-11-25-15-7-3-2-4-8-15/h2-9,12,17-18,21-22H,10-11,13H2,1H3,(H,20,23). The third kappa shape index (κ3) is 4.71. The van der Waals surface area contributed by atoms with Gasteiger partial charge in [0.15, 0.2) is 0 Å². The van der Waals surface area contributed by atoms with Crippen LogP contribution >= 0.6 is 0 Å². The number of ether oxygens (including phenoxy) is 2. The molecular formula is C19H23N3O3. The molecule has 1 fully saturated rings. The number of amides is 1. The van der Waals surface area contributed by atoms with Crippen molar-refractivity contribution in [2.24, 2.45) is 0 Å². The predicted octanol–water partition coefficient (Wildman–Crippen LogP) is 1.80. The summed E-state index contributed by atoms with van der Waals surface area (Å²) in [6.07, 6.45) is 0.679. The molecule has 0 aliphatic carbocycles. The van der Waals surface area contributed by atoms with Crippen LogP contribution in [0.3, 0.4) is 0 Å². The quantitative estimate of drug-likeness (QED) is 0.670. The Hall–Kier alpha value is -2.57. The largest absolute Gasteiger partial charge is 0.497 e. The number of benzene rings is 2. The lowest BCUT2D eigenvalue weighted by Crippen LogP contribution is -2.44. The minimum atomic E-state index is -0.270. The van der Waals surface area contributed by atoms with Crippen molar-refractivity contribution in [2.75, 3.05) is 20.3 Å². The van der Waals surface area contributed by atoms with Gasteiger partial charge in [-0.25, -0.2) is 10.9 Å². The monoisotopic (exact) mass is 341 g/mol. The molecule has 1 saturated heterocycles. The summed E-state index contributed by atoms with van der Waals surface area (Å²) in [6, 6.07) is 17.2. The minimum Gasteiger partial charge on any atom is -0.497 e. The highest BCUT2D eigenvalue weighted by molar-refractivity contribution is 5.82. The van der Waals surface area contributed by atoms with E-state index in [1.54, 1.807) is 7.11 Å². The third-order valence-corrected chi connectivity index (χ3v) is 4.13. The molecule has 0 aromatic heterocycles. The number of rotatable bonds is 7. The first-order valence-corrected chi connectivity index (χ1v) is 8.37. The second kappa shape index (κ2) is 8.50. The average Bonchev–Trinajstić information content (AvgIpc) is 3.16. The summed E-state index contributed by atoms with van der Waals surface area (Å²) in [5.74, 6) is 1.58. The molecule has 1 heterocycles. The third-order valence-electron chi connectivity index (χ3n) is 4.13. The summed E-state index contributed by atoms with van der Waals surface area (Å²) in [5, 5.41) is 2.90. The van der Waals surface area contributed by atoms with E-state index in [-0.39, 0.29) is 18.0 Å². The fourth-order valence-electron chi connectivity index (χ4n) is 2.79. The van der Waals surface area contributed by atoms with Crippen molar-refractivity contribution < 1.29 is 14.3 Å². The van der Waals surface area contributed by atoms with E-state index in [1.807, 2.05) is 54.6 Å². The van der Waals surface area contributed by atoms with Gasteiger partial charge in [0.25, 0.3) is 0 Å². The number of hydrazine groups is 1. The van der Waals surface area contributed by atoms with E-state index in [0.29, 0.717) is 19.6 Å². The summed E-state index contributed by atoms with van der Waals surface area (Å²) < 4.78 is 10.8. The lowest BCUT2D eigenvalue weighted by Gasteiger charge is -2.12. The summed E-state index contributed by atoms with van der Waals surface area (Å²) in [7, 11) is 1.65. The van der Waals surface area contributed by atoms with Crippen molar-refractivity contribution in [1.29, 1.82) is 0 Å². The minimum absolute atomic E-state index is 0.0328. The predicted molar refractivity (Wildman–Crippen MR) is 95.4 cm³/mol. The normalized spacial score (nSPS) is 19.4. The van der Waals surface area contributed by atoms with E-state index in [4.69, 9.17) is 9.47 Å². The molecular weight excluding hydrogens is 318 g/mol. The zero-order valence-electron chi connectivity index (χ0n) is 14.2. The van der Waals surface area contributed by atoms with Crippen molar-refractivity contribution in [3.05, 3.63) is 60.2 Å². The molecule has 6 nitrogen and oxygen atoms in total. The van der Waals surface area contributed by atoms with E-state index in [9.17, 15) is 4.79 Å². The van der Waals surface area contributed by atoms with Crippen LogP contribution in [-0.4, -0.2) is 32.2 Å². The zero-order valence-corrected chi connectivity index (χ0v) is 14.2. The fraction of sp³-hybridized carbons (Fsp3) is 0.316. The first-order valence-electron chi connectivity index (χ1n) is 8.37. The molecule has 0 saturated carbocycles. The van der Waals surface area contributed by atoms with Gasteiger partial charge in [0.2, 0.25) is 5.91 Å². The van der Waals surface area contributed by atoms with E-state index >= 15 is 0 Å². The number of carbonyl (C=O) groups is 1. The molecule has 6 heteroatoms. The molecule has 2 aromatic rings. The number of hydrogen-bond donors (Lipinski definition) is 3. The zero-order chi connectivity index (χ0) is 17.5. The van der Waals surface area contributed by atoms with Gasteiger partial charge in [-0.2, -0.15) is 0 Å². The molecule has 1 aliphatic rings.